The third-order valence-corrected chi connectivity index (χ3v) is 7.27. The summed E-state index contributed by atoms with van der Waals surface area (Å²) in [6, 6.07) is 19.0. The zero-order chi connectivity index (χ0) is 25.8. The first kappa shape index (κ1) is 27.7. The smallest absolute Gasteiger partial charge is 0.318 e. The van der Waals surface area contributed by atoms with E-state index in [0.717, 1.165) is 30.6 Å². The fourth-order valence-electron chi connectivity index (χ4n) is 4.23. The number of likely N-dealkylation sites (N-methyl/N-ethyl adjacent to an activating group) is 1. The lowest BCUT2D eigenvalue weighted by atomic mass is 10.0. The summed E-state index contributed by atoms with van der Waals surface area (Å²) in [5.74, 6) is 0.633. The van der Waals surface area contributed by atoms with Crippen LogP contribution < -0.4 is 5.32 Å². The van der Waals surface area contributed by atoms with Gasteiger partial charge in [-0.15, -0.1) is 0 Å². The minimum atomic E-state index is -0.630. The van der Waals surface area contributed by atoms with Crippen LogP contribution in [0.1, 0.15) is 24.5 Å². The molecule has 1 saturated heterocycles. The lowest BCUT2D eigenvalue weighted by Crippen LogP contribution is -2.57. The average Bonchev–Trinajstić information content (AvgIpc) is 2.89. The molecular weight excluding hydrogens is 472 g/mol. The fourth-order valence-corrected chi connectivity index (χ4v) is 4.79. The lowest BCUT2D eigenvalue weighted by Gasteiger charge is -2.35. The highest BCUT2D eigenvalue weighted by atomic mass is 32.2. The Bertz CT molecular complexity index is 965. The van der Waals surface area contributed by atoms with Crippen LogP contribution in [0.2, 0.25) is 0 Å². The maximum absolute atomic E-state index is 13.5. The minimum Gasteiger partial charge on any atom is -0.338 e. The molecule has 1 unspecified atom stereocenters. The van der Waals surface area contributed by atoms with Gasteiger partial charge in [0.25, 0.3) is 0 Å². The van der Waals surface area contributed by atoms with Crippen LogP contribution in [0.25, 0.3) is 0 Å². The number of piperazine rings is 1. The van der Waals surface area contributed by atoms with Gasteiger partial charge in [-0.05, 0) is 31.0 Å². The number of nitrogens with one attached hydrogen (secondary N) is 1. The van der Waals surface area contributed by atoms with Crippen molar-refractivity contribution in [1.29, 1.82) is 0 Å². The number of carbonyl (C=O) groups is 3. The van der Waals surface area contributed by atoms with Crippen LogP contribution in [0.15, 0.2) is 60.7 Å². The SMILES string of the molecule is CC(=O)SCCCN(CCc1ccccc1)C(=O)NC(Cc1ccccc1)C(=O)N1CCN(C)CC1. The second-order valence-corrected chi connectivity index (χ2v) is 10.5. The number of carbonyl (C=O) groups excluding carboxylic acids is 3. The van der Waals surface area contributed by atoms with Crippen LogP contribution in [0, 0.1) is 0 Å². The van der Waals surface area contributed by atoms with Gasteiger partial charge >= 0.3 is 6.03 Å². The van der Waals surface area contributed by atoms with Crippen molar-refractivity contribution >= 4 is 28.8 Å². The van der Waals surface area contributed by atoms with Crippen LogP contribution >= 0.6 is 11.8 Å². The molecule has 0 radical (unpaired) electrons. The molecule has 1 heterocycles. The third-order valence-electron chi connectivity index (χ3n) is 6.37. The van der Waals surface area contributed by atoms with Crippen LogP contribution in [-0.4, -0.2) is 89.9 Å². The van der Waals surface area contributed by atoms with E-state index in [4.69, 9.17) is 0 Å². The number of urea groups is 1. The Balaban J connectivity index is 1.70. The Morgan fingerprint density at radius 3 is 2.14 bits per heavy atom. The van der Waals surface area contributed by atoms with Gasteiger partial charge in [-0.2, -0.15) is 0 Å². The van der Waals surface area contributed by atoms with Crippen molar-refractivity contribution in [2.45, 2.75) is 32.2 Å². The van der Waals surface area contributed by atoms with Crippen LogP contribution in [-0.2, 0) is 22.4 Å². The van der Waals surface area contributed by atoms with Gasteiger partial charge < -0.3 is 20.0 Å². The first-order chi connectivity index (χ1) is 17.4. The van der Waals surface area contributed by atoms with Crippen molar-refractivity contribution in [3.8, 4) is 0 Å². The molecule has 2 aromatic carbocycles. The molecule has 0 aromatic heterocycles. The van der Waals surface area contributed by atoms with Crippen LogP contribution in [0.5, 0.6) is 0 Å². The van der Waals surface area contributed by atoms with E-state index < -0.39 is 6.04 Å². The summed E-state index contributed by atoms with van der Waals surface area (Å²) < 4.78 is 0. The Kier molecular flexibility index (Phi) is 11.3. The highest BCUT2D eigenvalue weighted by Gasteiger charge is 2.29. The standard InChI is InChI=1S/C28H38N4O3S/c1-23(33)36-21-9-15-32(16-14-24-10-5-3-6-11-24)28(35)29-26(22-25-12-7-4-8-13-25)27(34)31-19-17-30(2)18-20-31/h3-8,10-13,26H,9,14-22H2,1-2H3,(H,29,35). The monoisotopic (exact) mass is 510 g/mol. The van der Waals surface area contributed by atoms with Gasteiger partial charge in [0.15, 0.2) is 5.12 Å². The largest absolute Gasteiger partial charge is 0.338 e. The molecule has 7 nitrogen and oxygen atoms in total. The molecule has 0 bridgehead atoms. The highest BCUT2D eigenvalue weighted by molar-refractivity contribution is 8.13. The van der Waals surface area contributed by atoms with E-state index in [-0.39, 0.29) is 17.1 Å². The van der Waals surface area contributed by atoms with Gasteiger partial charge in [-0.25, -0.2) is 4.79 Å². The maximum atomic E-state index is 13.5. The van der Waals surface area contributed by atoms with Crippen molar-refractivity contribution in [2.75, 3.05) is 52.1 Å². The summed E-state index contributed by atoms with van der Waals surface area (Å²) in [5, 5.41) is 3.15. The molecule has 1 atom stereocenters. The molecule has 8 heteroatoms. The summed E-state index contributed by atoms with van der Waals surface area (Å²) in [6.45, 7) is 5.61. The Morgan fingerprint density at radius 2 is 1.53 bits per heavy atom. The van der Waals surface area contributed by atoms with Gasteiger partial charge in [-0.1, -0.05) is 72.4 Å². The van der Waals surface area contributed by atoms with Gasteiger partial charge in [0.1, 0.15) is 6.04 Å². The molecule has 3 rings (SSSR count). The Hall–Kier alpha value is -2.84. The predicted molar refractivity (Wildman–Crippen MR) is 146 cm³/mol. The Labute approximate surface area is 219 Å². The van der Waals surface area contributed by atoms with E-state index in [9.17, 15) is 14.4 Å². The van der Waals surface area contributed by atoms with E-state index in [1.165, 1.54) is 11.8 Å². The molecular formula is C28H38N4O3S. The molecule has 1 fully saturated rings. The van der Waals surface area contributed by atoms with E-state index in [2.05, 4.69) is 29.4 Å². The van der Waals surface area contributed by atoms with E-state index in [1.54, 1.807) is 11.8 Å². The molecule has 1 aliphatic rings. The van der Waals surface area contributed by atoms with Gasteiger partial charge in [0.05, 0.1) is 0 Å². The fraction of sp³-hybridized carbons (Fsp3) is 0.464. The molecule has 3 amide bonds. The van der Waals surface area contributed by atoms with Crippen molar-refractivity contribution in [3.05, 3.63) is 71.8 Å². The van der Waals surface area contributed by atoms with Crippen molar-refractivity contribution in [2.24, 2.45) is 0 Å². The number of rotatable bonds is 11. The van der Waals surface area contributed by atoms with E-state index in [1.807, 2.05) is 53.4 Å². The normalized spacial score (nSPS) is 14.8. The molecule has 2 aromatic rings. The first-order valence-corrected chi connectivity index (χ1v) is 13.6. The highest BCUT2D eigenvalue weighted by Crippen LogP contribution is 2.11. The number of benzene rings is 2. The van der Waals surface area contributed by atoms with Gasteiger partial charge in [0.2, 0.25) is 5.91 Å². The molecule has 1 aliphatic heterocycles. The third kappa shape index (κ3) is 9.32. The van der Waals surface area contributed by atoms with Gasteiger partial charge in [0, 0.05) is 58.4 Å². The average molecular weight is 511 g/mol. The number of amides is 3. The van der Waals surface area contributed by atoms with Gasteiger partial charge in [-0.3, -0.25) is 9.59 Å². The summed E-state index contributed by atoms with van der Waals surface area (Å²) in [6.07, 6.45) is 1.89. The van der Waals surface area contributed by atoms with E-state index >= 15 is 0 Å². The lowest BCUT2D eigenvalue weighted by molar-refractivity contribution is -0.134. The minimum absolute atomic E-state index is 0.0320. The van der Waals surface area contributed by atoms with E-state index in [0.29, 0.717) is 44.8 Å². The zero-order valence-corrected chi connectivity index (χ0v) is 22.2. The zero-order valence-electron chi connectivity index (χ0n) is 21.4. The molecule has 1 N–H and O–H groups in total. The molecule has 36 heavy (non-hydrogen) atoms. The first-order valence-electron chi connectivity index (χ1n) is 12.7. The number of hydrogen-bond acceptors (Lipinski definition) is 5. The second kappa shape index (κ2) is 14.7. The molecule has 0 saturated carbocycles. The summed E-state index contributed by atoms with van der Waals surface area (Å²) in [7, 11) is 2.06. The summed E-state index contributed by atoms with van der Waals surface area (Å²) >= 11 is 1.28. The summed E-state index contributed by atoms with van der Waals surface area (Å²) in [5.41, 5.74) is 2.17. The Morgan fingerprint density at radius 1 is 0.917 bits per heavy atom. The van der Waals surface area contributed by atoms with Crippen molar-refractivity contribution < 1.29 is 14.4 Å². The maximum Gasteiger partial charge on any atom is 0.318 e. The van der Waals surface area contributed by atoms with Crippen LogP contribution in [0.3, 0.4) is 0 Å². The summed E-state index contributed by atoms with van der Waals surface area (Å²) in [4.78, 5) is 44.2. The molecule has 0 aliphatic carbocycles. The molecule has 194 valence electrons. The number of hydrogen-bond donors (Lipinski definition) is 1. The van der Waals surface area contributed by atoms with Crippen LogP contribution in [0.4, 0.5) is 4.79 Å². The number of thioether (sulfide) groups is 1. The number of nitrogens with zero attached hydrogens (tertiary/aromatic N) is 3. The van der Waals surface area contributed by atoms with Crippen molar-refractivity contribution in [3.63, 3.8) is 0 Å². The quantitative estimate of drug-likeness (QED) is 0.470. The second-order valence-electron chi connectivity index (χ2n) is 9.24. The predicted octanol–water partition coefficient (Wildman–Crippen LogP) is 3.30. The molecule has 0 spiro atoms. The topological polar surface area (TPSA) is 73.0 Å². The van der Waals surface area contributed by atoms with Crippen molar-refractivity contribution in [1.82, 2.24) is 20.0 Å².